The van der Waals surface area contributed by atoms with Crippen LogP contribution < -0.4 is 0 Å². The molecule has 0 heterocycles. The van der Waals surface area contributed by atoms with Gasteiger partial charge in [0.15, 0.2) is 0 Å². The van der Waals surface area contributed by atoms with Gasteiger partial charge in [-0.25, -0.2) is 0 Å². The van der Waals surface area contributed by atoms with Crippen molar-refractivity contribution in [2.75, 3.05) is 40.1 Å². The average molecular weight is 324 g/mol. The molecule has 1 N–H and O–H groups in total. The predicted octanol–water partition coefficient (Wildman–Crippen LogP) is 2.42. The molecule has 6 nitrogen and oxygen atoms in total. The van der Waals surface area contributed by atoms with Gasteiger partial charge < -0.3 is 19.6 Å². The van der Waals surface area contributed by atoms with Gasteiger partial charge >= 0.3 is 5.97 Å². The Morgan fingerprint density at radius 2 is 2.22 bits per heavy atom. The Balaban J connectivity index is 2.59. The van der Waals surface area contributed by atoms with Crippen LogP contribution in [0, 0.1) is 11.3 Å². The minimum absolute atomic E-state index is 0.224. The van der Waals surface area contributed by atoms with Crippen molar-refractivity contribution in [3.05, 3.63) is 11.6 Å². The molecular weight excluding hydrogens is 296 g/mol. The molecule has 0 spiro atoms. The first-order valence-electron chi connectivity index (χ1n) is 8.20. The van der Waals surface area contributed by atoms with Crippen molar-refractivity contribution in [2.24, 2.45) is 10.9 Å². The van der Waals surface area contributed by atoms with Crippen molar-refractivity contribution in [3.63, 3.8) is 0 Å². The van der Waals surface area contributed by atoms with Crippen LogP contribution in [-0.4, -0.2) is 58.0 Å². The van der Waals surface area contributed by atoms with Crippen LogP contribution in [0.2, 0.25) is 0 Å². The summed E-state index contributed by atoms with van der Waals surface area (Å²) in [6.07, 6.45) is 6.67. The summed E-state index contributed by atoms with van der Waals surface area (Å²) in [5.41, 5.74) is 1.91. The van der Waals surface area contributed by atoms with E-state index in [1.807, 2.05) is 13.0 Å². The maximum absolute atomic E-state index is 12.1. The van der Waals surface area contributed by atoms with Crippen molar-refractivity contribution in [1.29, 1.82) is 5.41 Å². The van der Waals surface area contributed by atoms with Gasteiger partial charge in [0.05, 0.1) is 6.61 Å². The summed E-state index contributed by atoms with van der Waals surface area (Å²) in [7, 11) is 1.68. The van der Waals surface area contributed by atoms with Crippen LogP contribution in [0.3, 0.4) is 0 Å². The highest BCUT2D eigenvalue weighted by Crippen LogP contribution is 2.23. The number of hydrogen-bond acceptors (Lipinski definition) is 6. The van der Waals surface area contributed by atoms with Gasteiger partial charge in [-0.05, 0) is 44.3 Å². The summed E-state index contributed by atoms with van der Waals surface area (Å²) < 4.78 is 15.3. The Hall–Kier alpha value is -1.53. The second-order valence-electron chi connectivity index (χ2n) is 5.30. The van der Waals surface area contributed by atoms with Gasteiger partial charge in [0.25, 0.3) is 0 Å². The lowest BCUT2D eigenvalue weighted by molar-refractivity contribution is -0.146. The summed E-state index contributed by atoms with van der Waals surface area (Å²) in [5.74, 6) is -0.993. The molecule has 0 aromatic heterocycles. The molecule has 1 aliphatic rings. The molecule has 0 fully saturated rings. The molecule has 1 atom stereocenters. The number of nitrogens with one attached hydrogen (secondary N) is 1. The number of nitrogens with zero attached hydrogens (tertiary/aromatic N) is 1. The van der Waals surface area contributed by atoms with Crippen molar-refractivity contribution < 1.29 is 19.0 Å². The Morgan fingerprint density at radius 1 is 1.39 bits per heavy atom. The molecule has 0 saturated carbocycles. The first-order chi connectivity index (χ1) is 11.2. The number of methoxy groups -OCH3 is 1. The average Bonchev–Trinajstić information content (AvgIpc) is 2.57. The highest BCUT2D eigenvalue weighted by molar-refractivity contribution is 6.00. The molecular formula is C17H28N2O4. The lowest BCUT2D eigenvalue weighted by Crippen LogP contribution is -2.24. The summed E-state index contributed by atoms with van der Waals surface area (Å²) in [4.78, 5) is 16.7. The van der Waals surface area contributed by atoms with Gasteiger partial charge in [-0.3, -0.25) is 9.79 Å². The molecule has 6 heteroatoms. The fourth-order valence-corrected chi connectivity index (χ4v) is 2.40. The van der Waals surface area contributed by atoms with Crippen molar-refractivity contribution in [1.82, 2.24) is 0 Å². The molecule has 130 valence electrons. The zero-order valence-corrected chi connectivity index (χ0v) is 14.2. The number of hydrogen-bond donors (Lipinski definition) is 1. The van der Waals surface area contributed by atoms with Gasteiger partial charge in [-0.1, -0.05) is 0 Å². The minimum atomic E-state index is -0.610. The van der Waals surface area contributed by atoms with Crippen molar-refractivity contribution in [3.8, 4) is 0 Å². The number of ether oxygens (including phenoxy) is 3. The highest BCUT2D eigenvalue weighted by atomic mass is 16.6. The maximum Gasteiger partial charge on any atom is 0.318 e. The Morgan fingerprint density at radius 3 is 2.91 bits per heavy atom. The molecule has 0 aromatic carbocycles. The third-order valence-corrected chi connectivity index (χ3v) is 3.57. The Labute approximate surface area is 138 Å². The predicted molar refractivity (Wildman–Crippen MR) is 90.5 cm³/mol. The zero-order chi connectivity index (χ0) is 16.9. The largest absolute Gasteiger partial charge is 0.463 e. The normalized spacial score (nSPS) is 17.7. The van der Waals surface area contributed by atoms with E-state index in [2.05, 4.69) is 4.99 Å². The number of rotatable bonds is 11. The first-order valence-corrected chi connectivity index (χ1v) is 8.20. The highest BCUT2D eigenvalue weighted by Gasteiger charge is 2.24. The number of aliphatic imine (C=N–C) groups is 1. The number of carbonyl (C=O) groups is 1. The van der Waals surface area contributed by atoms with E-state index >= 15 is 0 Å². The van der Waals surface area contributed by atoms with Crippen LogP contribution in [0.15, 0.2) is 16.6 Å². The van der Waals surface area contributed by atoms with E-state index in [1.54, 1.807) is 7.11 Å². The quantitative estimate of drug-likeness (QED) is 0.359. The van der Waals surface area contributed by atoms with Crippen molar-refractivity contribution in [2.45, 2.75) is 32.6 Å². The molecule has 0 saturated heterocycles. The fraction of sp³-hybridized carbons (Fsp3) is 0.706. The van der Waals surface area contributed by atoms with Gasteiger partial charge in [0, 0.05) is 38.8 Å². The van der Waals surface area contributed by atoms with E-state index in [1.165, 1.54) is 0 Å². The van der Waals surface area contributed by atoms with Crippen LogP contribution >= 0.6 is 0 Å². The third-order valence-electron chi connectivity index (χ3n) is 3.57. The smallest absolute Gasteiger partial charge is 0.318 e. The van der Waals surface area contributed by atoms with E-state index < -0.39 is 5.92 Å². The summed E-state index contributed by atoms with van der Waals surface area (Å²) >= 11 is 0. The first kappa shape index (κ1) is 19.5. The van der Waals surface area contributed by atoms with E-state index in [9.17, 15) is 4.79 Å². The van der Waals surface area contributed by atoms with E-state index in [-0.39, 0.29) is 12.6 Å². The van der Waals surface area contributed by atoms with Gasteiger partial charge in [-0.2, -0.15) is 0 Å². The maximum atomic E-state index is 12.1. The van der Waals surface area contributed by atoms with Crippen molar-refractivity contribution >= 4 is 17.9 Å². The lowest BCUT2D eigenvalue weighted by Gasteiger charge is -2.19. The van der Waals surface area contributed by atoms with E-state index in [0.29, 0.717) is 19.8 Å². The molecule has 1 unspecified atom stereocenters. The molecule has 0 aliphatic heterocycles. The molecule has 0 amide bonds. The van der Waals surface area contributed by atoms with E-state index in [0.717, 1.165) is 49.7 Å². The molecule has 1 rings (SSSR count). The van der Waals surface area contributed by atoms with Crippen LogP contribution in [-0.2, 0) is 19.0 Å². The van der Waals surface area contributed by atoms with Crippen LogP contribution in [0.5, 0.6) is 0 Å². The van der Waals surface area contributed by atoms with Crippen LogP contribution in [0.1, 0.15) is 32.6 Å². The fourth-order valence-electron chi connectivity index (χ4n) is 2.40. The minimum Gasteiger partial charge on any atom is -0.463 e. The Bertz CT molecular complexity index is 432. The summed E-state index contributed by atoms with van der Waals surface area (Å²) in [6.45, 7) is 4.52. The molecule has 23 heavy (non-hydrogen) atoms. The van der Waals surface area contributed by atoms with E-state index in [4.69, 9.17) is 19.6 Å². The zero-order valence-electron chi connectivity index (χ0n) is 14.2. The molecule has 1 aliphatic carbocycles. The standard InChI is InChI=1S/C17H28N2O4/c1-3-22-10-11-23-17(20)16(13-18)14-6-4-7-15(12-14)19-8-5-9-21-2/h12-13,16,18H,3-11H2,1-2H3. The molecule has 0 aromatic rings. The van der Waals surface area contributed by atoms with Gasteiger partial charge in [0.1, 0.15) is 12.5 Å². The monoisotopic (exact) mass is 324 g/mol. The summed E-state index contributed by atoms with van der Waals surface area (Å²) in [5, 5.41) is 7.55. The Kier molecular flexibility index (Phi) is 10.2. The second kappa shape index (κ2) is 12.0. The topological polar surface area (TPSA) is 81.0 Å². The third kappa shape index (κ3) is 7.52. The lowest BCUT2D eigenvalue weighted by atomic mass is 9.89. The number of allylic oxidation sites excluding steroid dienone is 1. The van der Waals surface area contributed by atoms with Crippen LogP contribution in [0.25, 0.3) is 0 Å². The van der Waals surface area contributed by atoms with Gasteiger partial charge in [0.2, 0.25) is 0 Å². The molecule has 0 radical (unpaired) electrons. The van der Waals surface area contributed by atoms with Crippen LogP contribution in [0.4, 0.5) is 0 Å². The number of carbonyl (C=O) groups excluding carboxylic acids is 1. The number of esters is 1. The second-order valence-corrected chi connectivity index (χ2v) is 5.30. The summed E-state index contributed by atoms with van der Waals surface area (Å²) in [6, 6.07) is 0. The van der Waals surface area contributed by atoms with Gasteiger partial charge in [-0.15, -0.1) is 0 Å². The molecule has 0 bridgehead atoms. The SMILES string of the molecule is CCOCCOC(=O)C(C=N)C1=CC(=NCCCOC)CCC1.